The highest BCUT2D eigenvalue weighted by atomic mass is 35.6. The van der Waals surface area contributed by atoms with Gasteiger partial charge in [-0.15, -0.1) is 0 Å². The molecule has 0 aliphatic carbocycles. The number of alkyl halides is 3. The number of nitro groups is 2. The zero-order valence-corrected chi connectivity index (χ0v) is 14.7. The molecular weight excluding hydrogens is 427 g/mol. The Labute approximate surface area is 153 Å². The molecule has 0 amide bonds. The lowest BCUT2D eigenvalue weighted by atomic mass is 10.3. The van der Waals surface area contributed by atoms with Crippen molar-refractivity contribution in [3.05, 3.63) is 56.0 Å². The van der Waals surface area contributed by atoms with Gasteiger partial charge < -0.3 is 8.83 Å². The van der Waals surface area contributed by atoms with Gasteiger partial charge >= 0.3 is 11.8 Å². The number of halogens is 3. The molecule has 0 atom stereocenters. The average Bonchev–Trinajstić information content (AvgIpc) is 3.12. The van der Waals surface area contributed by atoms with Crippen LogP contribution in [-0.2, 0) is 9.84 Å². The molecule has 0 N–H and O–H groups in total. The number of nitrogens with zero attached hydrogens (tertiary/aromatic N) is 2. The van der Waals surface area contributed by atoms with Gasteiger partial charge in [0.05, 0.1) is 12.1 Å². The number of sulfone groups is 1. The van der Waals surface area contributed by atoms with Crippen LogP contribution >= 0.6 is 34.8 Å². The Kier molecular flexibility index (Phi) is 5.14. The first kappa shape index (κ1) is 19.2. The molecule has 14 heteroatoms. The van der Waals surface area contributed by atoms with Crippen molar-refractivity contribution in [3.63, 3.8) is 0 Å². The molecule has 2 aromatic heterocycles. The van der Waals surface area contributed by atoms with Gasteiger partial charge in [-0.05, 0) is 12.1 Å². The molecule has 134 valence electrons. The summed E-state index contributed by atoms with van der Waals surface area (Å²) in [5.74, 6) is -2.22. The zero-order valence-electron chi connectivity index (χ0n) is 11.6. The fraction of sp³-hybridized carbons (Fsp3) is 0.0909. The van der Waals surface area contributed by atoms with E-state index in [9.17, 15) is 28.6 Å². The smallest absolute Gasteiger partial charge is 0.401 e. The highest BCUT2D eigenvalue weighted by Gasteiger charge is 2.43. The number of hydrogen-bond acceptors (Lipinski definition) is 8. The molecule has 10 nitrogen and oxygen atoms in total. The van der Waals surface area contributed by atoms with Crippen LogP contribution in [0.15, 0.2) is 33.1 Å². The van der Waals surface area contributed by atoms with Crippen molar-refractivity contribution in [2.45, 2.75) is 3.12 Å². The fourth-order valence-corrected chi connectivity index (χ4v) is 3.25. The predicted molar refractivity (Wildman–Crippen MR) is 87.8 cm³/mol. The molecule has 0 aliphatic heterocycles. The molecule has 25 heavy (non-hydrogen) atoms. The minimum atomic E-state index is -4.70. The average molecular weight is 432 g/mol. The van der Waals surface area contributed by atoms with Crippen molar-refractivity contribution in [2.75, 3.05) is 0 Å². The third-order valence-corrected chi connectivity index (χ3v) is 6.01. The summed E-state index contributed by atoms with van der Waals surface area (Å²) in [6.07, 6.45) is 0.785. The Hall–Kier alpha value is -2.08. The van der Waals surface area contributed by atoms with Gasteiger partial charge in [-0.2, -0.15) is 0 Å². The Balaban J connectivity index is 2.65. The van der Waals surface area contributed by atoms with Gasteiger partial charge in [0, 0.05) is 6.08 Å². The van der Waals surface area contributed by atoms with Gasteiger partial charge in [0.15, 0.2) is 5.76 Å². The molecule has 0 aliphatic rings. The van der Waals surface area contributed by atoms with Crippen molar-refractivity contribution in [2.24, 2.45) is 0 Å². The molecule has 0 bridgehead atoms. The first-order valence-electron chi connectivity index (χ1n) is 5.95. The van der Waals surface area contributed by atoms with Crippen LogP contribution in [0.25, 0.3) is 11.0 Å². The first-order valence-corrected chi connectivity index (χ1v) is 8.57. The second-order valence-corrected chi connectivity index (χ2v) is 9.30. The molecule has 0 saturated carbocycles. The summed E-state index contributed by atoms with van der Waals surface area (Å²) in [4.78, 5) is 18.8. The fourth-order valence-electron chi connectivity index (χ4n) is 1.61. The Bertz CT molecular complexity index is 970. The van der Waals surface area contributed by atoms with E-state index >= 15 is 0 Å². The van der Waals surface area contributed by atoms with Gasteiger partial charge in [-0.1, -0.05) is 34.8 Å². The highest BCUT2D eigenvalue weighted by Crippen LogP contribution is 2.42. The van der Waals surface area contributed by atoms with Crippen LogP contribution in [0.4, 0.5) is 11.8 Å². The third kappa shape index (κ3) is 3.95. The van der Waals surface area contributed by atoms with Crippen LogP contribution in [0.5, 0.6) is 0 Å². The Morgan fingerprint density at radius 3 is 1.96 bits per heavy atom. The van der Waals surface area contributed by atoms with E-state index in [-0.39, 0.29) is 5.76 Å². The van der Waals surface area contributed by atoms with Gasteiger partial charge in [-0.3, -0.25) is 20.2 Å². The molecule has 2 aromatic rings. The van der Waals surface area contributed by atoms with Gasteiger partial charge in [0.2, 0.25) is 9.84 Å². The summed E-state index contributed by atoms with van der Waals surface area (Å²) in [5, 5.41) is 21.3. The highest BCUT2D eigenvalue weighted by molar-refractivity contribution is 8.05. The van der Waals surface area contributed by atoms with E-state index in [4.69, 9.17) is 43.6 Å². The van der Waals surface area contributed by atoms with Crippen LogP contribution in [0, 0.1) is 20.2 Å². The van der Waals surface area contributed by atoms with Crippen LogP contribution in [0.3, 0.4) is 0 Å². The molecular formula is C11H5Cl3N2O8S. The SMILES string of the molecule is O=[N+]([O-])c1ccc(C=C(c2ccc([N+](=O)[O-])o2)S(=O)(=O)C(Cl)(Cl)Cl)o1. The lowest BCUT2D eigenvalue weighted by Gasteiger charge is -2.13. The number of rotatable bonds is 5. The topological polar surface area (TPSA) is 147 Å². The van der Waals surface area contributed by atoms with Crippen molar-refractivity contribution in [1.82, 2.24) is 0 Å². The van der Waals surface area contributed by atoms with Gasteiger partial charge in [0.25, 0.3) is 3.12 Å². The maximum atomic E-state index is 12.4. The van der Waals surface area contributed by atoms with Crippen molar-refractivity contribution in [3.8, 4) is 0 Å². The van der Waals surface area contributed by atoms with E-state index in [1.54, 1.807) is 0 Å². The third-order valence-electron chi connectivity index (χ3n) is 2.67. The summed E-state index contributed by atoms with van der Waals surface area (Å²) >= 11 is 16.3. The number of furan rings is 2. The largest absolute Gasteiger partial charge is 0.433 e. The van der Waals surface area contributed by atoms with E-state index < -0.39 is 45.2 Å². The Morgan fingerprint density at radius 2 is 1.52 bits per heavy atom. The summed E-state index contributed by atoms with van der Waals surface area (Å²) in [7, 11) is -4.70. The molecule has 0 saturated heterocycles. The maximum Gasteiger partial charge on any atom is 0.433 e. The van der Waals surface area contributed by atoms with E-state index in [2.05, 4.69) is 0 Å². The van der Waals surface area contributed by atoms with E-state index in [1.165, 1.54) is 0 Å². The first-order chi connectivity index (χ1) is 11.4. The predicted octanol–water partition coefficient (Wildman–Crippen LogP) is 3.93. The summed E-state index contributed by atoms with van der Waals surface area (Å²) in [6.45, 7) is 0. The maximum absolute atomic E-state index is 12.4. The lowest BCUT2D eigenvalue weighted by Crippen LogP contribution is -2.20. The molecule has 2 rings (SSSR count). The summed E-state index contributed by atoms with van der Waals surface area (Å²) in [5.41, 5.74) is 0. The second kappa shape index (κ2) is 6.67. The van der Waals surface area contributed by atoms with E-state index in [0.717, 1.165) is 30.3 Å². The van der Waals surface area contributed by atoms with E-state index in [0.29, 0.717) is 0 Å². The van der Waals surface area contributed by atoms with Crippen LogP contribution in [0.2, 0.25) is 0 Å². The molecule has 0 radical (unpaired) electrons. The molecule has 0 spiro atoms. The lowest BCUT2D eigenvalue weighted by molar-refractivity contribution is -0.402. The van der Waals surface area contributed by atoms with Crippen molar-refractivity contribution >= 4 is 67.4 Å². The molecule has 0 fully saturated rings. The number of hydrogen-bond donors (Lipinski definition) is 0. The van der Waals surface area contributed by atoms with Crippen LogP contribution in [0.1, 0.15) is 11.5 Å². The standard InChI is InChI=1S/C11H5Cl3N2O8S/c12-11(13,14)25(21,22)8(7-2-4-10(24-7)16(19)20)5-6-1-3-9(23-6)15(17)18/h1-5H. The monoisotopic (exact) mass is 430 g/mol. The van der Waals surface area contributed by atoms with Crippen molar-refractivity contribution < 1.29 is 27.1 Å². The quantitative estimate of drug-likeness (QED) is 0.393. The van der Waals surface area contributed by atoms with E-state index in [1.807, 2.05) is 0 Å². The van der Waals surface area contributed by atoms with Crippen LogP contribution in [-0.4, -0.2) is 21.4 Å². The normalized spacial score (nSPS) is 13.0. The summed E-state index contributed by atoms with van der Waals surface area (Å²) in [6, 6.07) is 3.91. The second-order valence-electron chi connectivity index (χ2n) is 4.29. The molecule has 0 unspecified atom stereocenters. The van der Waals surface area contributed by atoms with Crippen molar-refractivity contribution in [1.29, 1.82) is 0 Å². The molecule has 2 heterocycles. The van der Waals surface area contributed by atoms with Gasteiger partial charge in [0.1, 0.15) is 20.5 Å². The molecule has 0 aromatic carbocycles. The Morgan fingerprint density at radius 1 is 1.00 bits per heavy atom. The van der Waals surface area contributed by atoms with Crippen LogP contribution < -0.4 is 0 Å². The minimum Gasteiger partial charge on any atom is -0.401 e. The minimum absolute atomic E-state index is 0.279. The van der Waals surface area contributed by atoms with Gasteiger partial charge in [-0.25, -0.2) is 8.42 Å². The zero-order chi connectivity index (χ0) is 19.0. The summed E-state index contributed by atoms with van der Waals surface area (Å²) < 4.78 is 31.6.